The molecular weight excluding hydrogens is 1120 g/mol. The van der Waals surface area contributed by atoms with Crippen molar-refractivity contribution >= 4 is 5.97 Å². The predicted octanol–water partition coefficient (Wildman–Crippen LogP) is -1.41. The van der Waals surface area contributed by atoms with E-state index < -0.39 is 183 Å². The van der Waals surface area contributed by atoms with E-state index in [4.69, 9.17) is 47.4 Å². The third-order valence-electron chi connectivity index (χ3n) is 24.0. The number of aliphatic hydroxyl groups is 14. The first-order valence-corrected chi connectivity index (χ1v) is 31.0. The number of hydrogen-bond donors (Lipinski definition) is 14. The Kier molecular flexibility index (Phi) is 19.3. The number of aliphatic hydroxyl groups excluding tert-OH is 14. The summed E-state index contributed by atoms with van der Waals surface area (Å²) in [5.74, 6) is -1.32. The van der Waals surface area contributed by atoms with Crippen LogP contribution in [0.5, 0.6) is 0 Å². The van der Waals surface area contributed by atoms with Crippen molar-refractivity contribution < 1.29 is 124 Å². The predicted molar refractivity (Wildman–Crippen MR) is 291 cm³/mol. The number of esters is 1. The average Bonchev–Trinajstić information content (AvgIpc) is 1.62. The fraction of sp³-hybridized carbons (Fsp3) is 0.950. The summed E-state index contributed by atoms with van der Waals surface area (Å²) in [7, 11) is 0. The second-order valence-corrected chi connectivity index (χ2v) is 28.3. The van der Waals surface area contributed by atoms with Crippen molar-refractivity contribution in [2.45, 2.75) is 267 Å². The molecule has 0 aromatic rings. The van der Waals surface area contributed by atoms with Gasteiger partial charge in [0, 0.05) is 11.3 Å². The summed E-state index contributed by atoms with van der Waals surface area (Å²) in [6.45, 7) is 18.6. The molecule has 5 saturated carbocycles. The molecule has 0 aromatic heterocycles. The van der Waals surface area contributed by atoms with Gasteiger partial charge in [0.15, 0.2) is 25.2 Å². The summed E-state index contributed by atoms with van der Waals surface area (Å²) in [5, 5.41) is 152. The molecule has 25 heteroatoms. The van der Waals surface area contributed by atoms with Crippen LogP contribution in [0, 0.1) is 62.6 Å². The molecule has 0 spiro atoms. The highest BCUT2D eigenvalue weighted by Gasteiger charge is 2.73. The van der Waals surface area contributed by atoms with Crippen LogP contribution in [0.1, 0.15) is 120 Å². The lowest BCUT2D eigenvalue weighted by molar-refractivity contribution is -0.366. The van der Waals surface area contributed by atoms with Gasteiger partial charge in [0.05, 0.1) is 62.4 Å². The van der Waals surface area contributed by atoms with Gasteiger partial charge < -0.3 is 119 Å². The minimum absolute atomic E-state index is 0.0192. The highest BCUT2D eigenvalue weighted by Crippen LogP contribution is 2.78. The van der Waals surface area contributed by atoms with Gasteiger partial charge in [0.25, 0.3) is 0 Å². The normalized spacial score (nSPS) is 56.3. The Morgan fingerprint density at radius 1 is 0.553 bits per heavy atom. The van der Waals surface area contributed by atoms with Crippen LogP contribution in [0.2, 0.25) is 0 Å². The van der Waals surface area contributed by atoms with Crippen LogP contribution in [0.25, 0.3) is 0 Å². The molecule has 0 amide bonds. The van der Waals surface area contributed by atoms with Gasteiger partial charge >= 0.3 is 5.97 Å². The summed E-state index contributed by atoms with van der Waals surface area (Å²) in [6.07, 6.45) is -27.6. The molecule has 10 rings (SSSR count). The molecule has 85 heavy (non-hydrogen) atoms. The molecule has 0 bridgehead atoms. The maximum atomic E-state index is 15.3. The standard InChI is InChI=1S/C60H98O25/c1-24(2)28-12-17-60(55(75)85-53-44(71)37(64)25(3)32(81-53)22-77-50-47(74)43(70)48(31(20-61)80-50)83-51-45(72)41(68)38(65)26(4)78-51)19-18-58(8)29(36(28)60)10-11-34-56(6)15-14-35(57(7,23-62)33(56)13-16-59(34,58)9)82-54-49(40(67)30(63)21-76-54)84-52-46(73)42(69)39(66)27(5)79-52/h25-54,61-74H,1,10-23H2,2-9H3/t25-,26+,27+,28?,29-,30+,31-,32-,33-,34-,35+,36+,37+,38+,39+,40+,41-,42-,43-,44-,45-,46-,47-,48-,49-,50-,51+,52+,53+,54+,56+,57+,58-,59-,60+/m1/s1. The summed E-state index contributed by atoms with van der Waals surface area (Å²) >= 11 is 0. The van der Waals surface area contributed by atoms with E-state index in [1.807, 2.05) is 13.8 Å². The maximum absolute atomic E-state index is 15.3. The minimum Gasteiger partial charge on any atom is -0.432 e. The van der Waals surface area contributed by atoms with Crippen LogP contribution in [-0.4, -0.2) is 251 Å². The molecule has 10 aliphatic rings. The zero-order chi connectivity index (χ0) is 61.9. The van der Waals surface area contributed by atoms with Crippen molar-refractivity contribution in [3.05, 3.63) is 12.2 Å². The third kappa shape index (κ3) is 10.9. The van der Waals surface area contributed by atoms with E-state index in [-0.39, 0.29) is 59.0 Å². The summed E-state index contributed by atoms with van der Waals surface area (Å²) < 4.78 is 60.2. The molecule has 10 fully saturated rings. The molecule has 14 N–H and O–H groups in total. The van der Waals surface area contributed by atoms with E-state index in [9.17, 15) is 71.5 Å². The zero-order valence-corrected chi connectivity index (χ0v) is 50.2. The van der Waals surface area contributed by atoms with Crippen LogP contribution in [-0.2, 0) is 52.2 Å². The minimum atomic E-state index is -1.81. The highest BCUT2D eigenvalue weighted by molar-refractivity contribution is 5.78. The van der Waals surface area contributed by atoms with E-state index >= 15 is 4.79 Å². The van der Waals surface area contributed by atoms with Crippen molar-refractivity contribution in [1.82, 2.24) is 0 Å². The smallest absolute Gasteiger partial charge is 0.314 e. The molecule has 0 aromatic carbocycles. The van der Waals surface area contributed by atoms with E-state index in [0.29, 0.717) is 32.1 Å². The number of carbonyl (C=O) groups is 1. The summed E-state index contributed by atoms with van der Waals surface area (Å²) in [5.41, 5.74) is -1.60. The van der Waals surface area contributed by atoms with Crippen molar-refractivity contribution in [2.75, 3.05) is 26.4 Å². The number of hydrogen-bond acceptors (Lipinski definition) is 25. The van der Waals surface area contributed by atoms with Gasteiger partial charge in [0.1, 0.15) is 85.5 Å². The molecule has 488 valence electrons. The summed E-state index contributed by atoms with van der Waals surface area (Å²) in [6, 6.07) is 0. The average molecular weight is 1220 g/mol. The molecule has 0 radical (unpaired) electrons. The fourth-order valence-electron chi connectivity index (χ4n) is 18.6. The van der Waals surface area contributed by atoms with Gasteiger partial charge in [-0.15, -0.1) is 0 Å². The van der Waals surface area contributed by atoms with E-state index in [1.165, 1.54) is 13.8 Å². The number of fused-ring (bicyclic) bond motifs is 7. The van der Waals surface area contributed by atoms with Gasteiger partial charge in [-0.05, 0) is 131 Å². The Hall–Kier alpha value is -1.71. The van der Waals surface area contributed by atoms with Crippen molar-refractivity contribution in [3.8, 4) is 0 Å². The second-order valence-electron chi connectivity index (χ2n) is 28.3. The van der Waals surface area contributed by atoms with Gasteiger partial charge in [-0.3, -0.25) is 4.79 Å². The second kappa shape index (κ2) is 24.7. The topological polar surface area (TPSA) is 393 Å². The van der Waals surface area contributed by atoms with Crippen LogP contribution >= 0.6 is 0 Å². The van der Waals surface area contributed by atoms with Crippen LogP contribution < -0.4 is 0 Å². The first-order chi connectivity index (χ1) is 39.9. The lowest BCUT2D eigenvalue weighted by atomic mass is 9.32. The SMILES string of the molecule is C=C(C)C1CC[C@]2(C(=O)O[C@@H]3O[C@H](CO[C@@H]4O[C@H](CO)[C@@H](O[C@@H]5O[C@@H](C)[C@H](O)[C@@H](O)[C@H]5O)[C@H](O)[C@H]4O)[C@@H](C)[C@H](O)[C@H]3O)CC[C@]3(C)[C@H](CC[C@@H]4[C@@]5(C)CC[C@H](O[C@@H]6OC[C@H](O)[C@H](O)[C@H]6O[C@@H]6O[C@@H](C)[C@H](O)[C@@H](O)[C@H]6O)[C@@](C)(CO)[C@@H]5CC[C@]43C)[C@H]12. The van der Waals surface area contributed by atoms with E-state index in [2.05, 4.69) is 27.4 Å². The Bertz CT molecular complexity index is 2340. The third-order valence-corrected chi connectivity index (χ3v) is 24.0. The molecule has 35 atom stereocenters. The van der Waals surface area contributed by atoms with E-state index in [0.717, 1.165) is 37.7 Å². The lowest BCUT2D eigenvalue weighted by Crippen LogP contribution is -2.68. The molecule has 5 aliphatic heterocycles. The number of allylic oxidation sites excluding steroid dienone is 1. The zero-order valence-electron chi connectivity index (χ0n) is 50.2. The molecule has 5 aliphatic carbocycles. The van der Waals surface area contributed by atoms with E-state index in [1.54, 1.807) is 6.92 Å². The molecule has 5 saturated heterocycles. The monoisotopic (exact) mass is 1220 g/mol. The van der Waals surface area contributed by atoms with Gasteiger partial charge in [0.2, 0.25) is 6.29 Å². The highest BCUT2D eigenvalue weighted by atomic mass is 16.8. The number of rotatable bonds is 14. The molecule has 5 heterocycles. The van der Waals surface area contributed by atoms with Crippen molar-refractivity contribution in [2.24, 2.45) is 62.6 Å². The Morgan fingerprint density at radius 3 is 1.76 bits per heavy atom. The number of carbonyl (C=O) groups excluding carboxylic acids is 1. The number of ether oxygens (including phenoxy) is 10. The molecule has 1 unspecified atom stereocenters. The maximum Gasteiger partial charge on any atom is 0.314 e. The first-order valence-electron chi connectivity index (χ1n) is 31.0. The Labute approximate surface area is 496 Å². The Morgan fingerprint density at radius 2 is 1.15 bits per heavy atom. The molecular formula is C60H98O25. The molecule has 25 nitrogen and oxygen atoms in total. The van der Waals surface area contributed by atoms with Crippen LogP contribution in [0.4, 0.5) is 0 Å². The largest absolute Gasteiger partial charge is 0.432 e. The van der Waals surface area contributed by atoms with Crippen molar-refractivity contribution in [3.63, 3.8) is 0 Å². The van der Waals surface area contributed by atoms with Gasteiger partial charge in [-0.25, -0.2) is 0 Å². The lowest BCUT2D eigenvalue weighted by Gasteiger charge is -2.73. The van der Waals surface area contributed by atoms with Crippen LogP contribution in [0.15, 0.2) is 12.2 Å². The first kappa shape index (κ1) is 66.2. The van der Waals surface area contributed by atoms with Gasteiger partial charge in [-0.1, -0.05) is 46.8 Å². The van der Waals surface area contributed by atoms with Crippen molar-refractivity contribution in [1.29, 1.82) is 0 Å². The van der Waals surface area contributed by atoms with Gasteiger partial charge in [-0.2, -0.15) is 0 Å². The Balaban J connectivity index is 0.820. The fourth-order valence-corrected chi connectivity index (χ4v) is 18.6. The summed E-state index contributed by atoms with van der Waals surface area (Å²) in [4.78, 5) is 15.3. The van der Waals surface area contributed by atoms with Crippen LogP contribution in [0.3, 0.4) is 0 Å². The quantitative estimate of drug-likeness (QED) is 0.0539.